The maximum atomic E-state index is 12.6. The van der Waals surface area contributed by atoms with Gasteiger partial charge in [-0.2, -0.15) is 0 Å². The van der Waals surface area contributed by atoms with Crippen LogP contribution in [0.4, 0.5) is 5.82 Å². The lowest BCUT2D eigenvalue weighted by atomic mass is 10.1. The summed E-state index contributed by atoms with van der Waals surface area (Å²) in [7, 11) is 0. The maximum Gasteiger partial charge on any atom is 0.267 e. The molecule has 116 valence electrons. The van der Waals surface area contributed by atoms with Crippen LogP contribution >= 0.6 is 11.3 Å². The molecule has 6 heteroatoms. The number of hydrogen-bond donors (Lipinski definition) is 1. The second-order valence-electron chi connectivity index (χ2n) is 5.85. The third-order valence-corrected chi connectivity index (χ3v) is 5.23. The fourth-order valence-corrected chi connectivity index (χ4v) is 3.84. The Hall–Kier alpha value is -2.34. The number of amides is 1. The number of nitrogens with zero attached hydrogens (tertiary/aromatic N) is 3. The van der Waals surface area contributed by atoms with Crippen molar-refractivity contribution in [2.24, 2.45) is 0 Å². The van der Waals surface area contributed by atoms with Crippen LogP contribution in [0.1, 0.15) is 45.5 Å². The molecule has 1 aliphatic rings. The highest BCUT2D eigenvalue weighted by Gasteiger charge is 2.28. The smallest absolute Gasteiger partial charge is 0.267 e. The van der Waals surface area contributed by atoms with E-state index in [0.717, 1.165) is 27.3 Å². The normalized spacial score (nSPS) is 14.2. The van der Waals surface area contributed by atoms with Crippen LogP contribution in [0.15, 0.2) is 24.4 Å². The Labute approximate surface area is 137 Å². The summed E-state index contributed by atoms with van der Waals surface area (Å²) < 4.78 is 0. The summed E-state index contributed by atoms with van der Waals surface area (Å²) in [5, 5.41) is 3.85. The van der Waals surface area contributed by atoms with Crippen LogP contribution in [-0.2, 0) is 0 Å². The number of thiophene rings is 1. The molecule has 0 spiro atoms. The monoisotopic (exact) mass is 324 g/mol. The first-order valence-electron chi connectivity index (χ1n) is 7.63. The minimum absolute atomic E-state index is 0.142. The fraction of sp³-hybridized carbons (Fsp3) is 0.294. The van der Waals surface area contributed by atoms with Crippen LogP contribution in [0.3, 0.4) is 0 Å². The summed E-state index contributed by atoms with van der Waals surface area (Å²) in [6.45, 7) is 3.95. The molecule has 3 aromatic heterocycles. The highest BCUT2D eigenvalue weighted by atomic mass is 32.1. The average molecular weight is 324 g/mol. The van der Waals surface area contributed by atoms with E-state index in [-0.39, 0.29) is 5.91 Å². The van der Waals surface area contributed by atoms with Crippen molar-refractivity contribution in [3.63, 3.8) is 0 Å². The van der Waals surface area contributed by atoms with E-state index in [9.17, 15) is 4.79 Å². The van der Waals surface area contributed by atoms with E-state index < -0.39 is 0 Å². The summed E-state index contributed by atoms with van der Waals surface area (Å²) >= 11 is 1.43. The minimum Gasteiger partial charge on any atom is -0.306 e. The van der Waals surface area contributed by atoms with Gasteiger partial charge in [0.1, 0.15) is 16.5 Å². The SMILES string of the molecule is Cc1nc(C2CC2)nc2sc(C(=O)Nc3ccccn3)c(C)c12. The lowest BCUT2D eigenvalue weighted by molar-refractivity contribution is 0.102. The highest BCUT2D eigenvalue weighted by Crippen LogP contribution is 2.40. The van der Waals surface area contributed by atoms with Gasteiger partial charge in [-0.25, -0.2) is 15.0 Å². The number of anilines is 1. The van der Waals surface area contributed by atoms with Crippen molar-refractivity contribution in [3.8, 4) is 0 Å². The van der Waals surface area contributed by atoms with Gasteiger partial charge >= 0.3 is 0 Å². The van der Waals surface area contributed by atoms with Gasteiger partial charge in [-0.05, 0) is 44.4 Å². The molecule has 1 N–H and O–H groups in total. The molecule has 23 heavy (non-hydrogen) atoms. The fourth-order valence-electron chi connectivity index (χ4n) is 2.71. The average Bonchev–Trinajstić information content (AvgIpc) is 3.32. The van der Waals surface area contributed by atoms with Crippen molar-refractivity contribution in [1.82, 2.24) is 15.0 Å². The molecule has 3 aromatic rings. The quantitative estimate of drug-likeness (QED) is 0.795. The molecule has 3 heterocycles. The standard InChI is InChI=1S/C17H16N4OS/c1-9-13-10(2)19-15(11-6-7-11)21-17(13)23-14(9)16(22)20-12-5-3-4-8-18-12/h3-5,8,11H,6-7H2,1-2H3,(H,18,20,22). The van der Waals surface area contributed by atoms with Crippen LogP contribution in [0.5, 0.6) is 0 Å². The Morgan fingerprint density at radius 1 is 1.26 bits per heavy atom. The zero-order valence-electron chi connectivity index (χ0n) is 13.0. The van der Waals surface area contributed by atoms with Crippen LogP contribution in [-0.4, -0.2) is 20.9 Å². The van der Waals surface area contributed by atoms with Crippen molar-refractivity contribution in [1.29, 1.82) is 0 Å². The summed E-state index contributed by atoms with van der Waals surface area (Å²) in [6, 6.07) is 5.44. The van der Waals surface area contributed by atoms with Crippen LogP contribution in [0.25, 0.3) is 10.2 Å². The van der Waals surface area contributed by atoms with Crippen molar-refractivity contribution in [2.75, 3.05) is 5.32 Å². The summed E-state index contributed by atoms with van der Waals surface area (Å²) in [5.74, 6) is 1.84. The molecule has 5 nitrogen and oxygen atoms in total. The lowest BCUT2D eigenvalue weighted by Crippen LogP contribution is -2.12. The first kappa shape index (κ1) is 14.3. The van der Waals surface area contributed by atoms with Crippen molar-refractivity contribution in [2.45, 2.75) is 32.6 Å². The third kappa shape index (κ3) is 2.59. The molecule has 1 amide bonds. The number of aryl methyl sites for hydroxylation is 2. The number of nitrogens with one attached hydrogen (secondary N) is 1. The van der Waals surface area contributed by atoms with Gasteiger partial charge in [0.05, 0.1) is 10.6 Å². The molecule has 0 bridgehead atoms. The summed E-state index contributed by atoms with van der Waals surface area (Å²) in [6.07, 6.45) is 4.00. The van der Waals surface area contributed by atoms with E-state index in [1.54, 1.807) is 12.3 Å². The molecule has 0 radical (unpaired) electrons. The molecule has 0 atom stereocenters. The van der Waals surface area contributed by atoms with E-state index in [4.69, 9.17) is 0 Å². The second-order valence-corrected chi connectivity index (χ2v) is 6.85. The van der Waals surface area contributed by atoms with Crippen LogP contribution < -0.4 is 5.32 Å². The zero-order valence-corrected chi connectivity index (χ0v) is 13.8. The molecule has 1 aliphatic carbocycles. The molecule has 0 saturated heterocycles. The van der Waals surface area contributed by atoms with E-state index in [2.05, 4.69) is 20.3 Å². The number of carbonyl (C=O) groups is 1. The predicted octanol–water partition coefficient (Wildman–Crippen LogP) is 3.83. The predicted molar refractivity (Wildman–Crippen MR) is 91.1 cm³/mol. The number of aromatic nitrogens is 3. The van der Waals surface area contributed by atoms with Gasteiger partial charge in [-0.15, -0.1) is 11.3 Å². The van der Waals surface area contributed by atoms with Crippen LogP contribution in [0, 0.1) is 13.8 Å². The molecule has 0 aromatic carbocycles. The molecular weight excluding hydrogens is 308 g/mol. The van der Waals surface area contributed by atoms with Crippen molar-refractivity contribution in [3.05, 3.63) is 46.4 Å². The largest absolute Gasteiger partial charge is 0.306 e. The van der Waals surface area contributed by atoms with Crippen LogP contribution in [0.2, 0.25) is 0 Å². The van der Waals surface area contributed by atoms with Gasteiger partial charge in [0, 0.05) is 17.5 Å². The maximum absolute atomic E-state index is 12.6. The van der Waals surface area contributed by atoms with Crippen molar-refractivity contribution < 1.29 is 4.79 Å². The van der Waals surface area contributed by atoms with Gasteiger partial charge in [0.2, 0.25) is 0 Å². The molecular formula is C17H16N4OS. The Morgan fingerprint density at radius 2 is 2.09 bits per heavy atom. The van der Waals surface area contributed by atoms with Gasteiger partial charge < -0.3 is 5.32 Å². The topological polar surface area (TPSA) is 67.8 Å². The molecule has 4 rings (SSSR count). The third-order valence-electron chi connectivity index (χ3n) is 4.04. The zero-order chi connectivity index (χ0) is 16.0. The van der Waals surface area contributed by atoms with Gasteiger partial charge in [0.25, 0.3) is 5.91 Å². The van der Waals surface area contributed by atoms with Crippen molar-refractivity contribution >= 4 is 33.3 Å². The van der Waals surface area contributed by atoms with E-state index in [1.165, 1.54) is 24.2 Å². The van der Waals surface area contributed by atoms with E-state index in [1.807, 2.05) is 26.0 Å². The highest BCUT2D eigenvalue weighted by molar-refractivity contribution is 7.20. The Morgan fingerprint density at radius 3 is 2.78 bits per heavy atom. The van der Waals surface area contributed by atoms with Gasteiger partial charge in [-0.3, -0.25) is 4.79 Å². The molecule has 1 saturated carbocycles. The number of carbonyl (C=O) groups excluding carboxylic acids is 1. The first-order chi connectivity index (χ1) is 11.1. The second kappa shape index (κ2) is 5.38. The first-order valence-corrected chi connectivity index (χ1v) is 8.45. The van der Waals surface area contributed by atoms with E-state index in [0.29, 0.717) is 16.6 Å². The van der Waals surface area contributed by atoms with Gasteiger partial charge in [0.15, 0.2) is 0 Å². The minimum atomic E-state index is -0.142. The van der Waals surface area contributed by atoms with Gasteiger partial charge in [-0.1, -0.05) is 6.07 Å². The number of rotatable bonds is 3. The number of pyridine rings is 1. The Bertz CT molecular complexity index is 900. The molecule has 1 fully saturated rings. The summed E-state index contributed by atoms with van der Waals surface area (Å²) in [4.78, 5) is 27.6. The Balaban J connectivity index is 1.73. The number of fused-ring (bicyclic) bond motifs is 1. The van der Waals surface area contributed by atoms with E-state index >= 15 is 0 Å². The number of hydrogen-bond acceptors (Lipinski definition) is 5. The Kier molecular flexibility index (Phi) is 3.34. The molecule has 0 aliphatic heterocycles. The lowest BCUT2D eigenvalue weighted by Gasteiger charge is -2.03. The molecule has 0 unspecified atom stereocenters. The summed E-state index contributed by atoms with van der Waals surface area (Å²) in [5.41, 5.74) is 1.90.